The molecule has 0 amide bonds. The van der Waals surface area contributed by atoms with Crippen LogP contribution in [0.15, 0.2) is 4.99 Å². The molecule has 1 unspecified atom stereocenters. The van der Waals surface area contributed by atoms with Crippen molar-refractivity contribution >= 4 is 29.9 Å². The minimum absolute atomic E-state index is 0. The predicted molar refractivity (Wildman–Crippen MR) is 116 cm³/mol. The molecule has 11 heteroatoms. The van der Waals surface area contributed by atoms with Crippen LogP contribution in [0.3, 0.4) is 0 Å². The van der Waals surface area contributed by atoms with Crippen molar-refractivity contribution in [1.29, 1.82) is 0 Å². The first-order valence-corrected chi connectivity index (χ1v) is 10.0. The first kappa shape index (κ1) is 24.2. The molecule has 0 bridgehead atoms. The van der Waals surface area contributed by atoms with E-state index >= 15 is 0 Å². The van der Waals surface area contributed by atoms with Crippen LogP contribution in [0.5, 0.6) is 0 Å². The summed E-state index contributed by atoms with van der Waals surface area (Å²) in [6.45, 7) is 2.21. The highest BCUT2D eigenvalue weighted by atomic mass is 127. The zero-order valence-corrected chi connectivity index (χ0v) is 19.3. The number of alkyl halides is 3. The number of rotatable bonds is 5. The van der Waals surface area contributed by atoms with E-state index in [1.165, 1.54) is 24.2 Å². The maximum atomic E-state index is 12.6. The molecule has 1 aromatic rings. The smallest absolute Gasteiger partial charge is 0.354 e. The number of likely N-dealkylation sites (tertiary alicyclic amines) is 1. The van der Waals surface area contributed by atoms with Crippen LogP contribution >= 0.6 is 24.0 Å². The van der Waals surface area contributed by atoms with Gasteiger partial charge < -0.3 is 15.2 Å². The Kier molecular flexibility index (Phi) is 8.98. The van der Waals surface area contributed by atoms with Gasteiger partial charge in [0.05, 0.1) is 6.54 Å². The molecule has 29 heavy (non-hydrogen) atoms. The summed E-state index contributed by atoms with van der Waals surface area (Å²) < 4.78 is 39.8. The highest BCUT2D eigenvalue weighted by Crippen LogP contribution is 2.20. The quantitative estimate of drug-likeness (QED) is 0.349. The summed E-state index contributed by atoms with van der Waals surface area (Å²) >= 11 is 0. The number of halogens is 4. The molecule has 1 aliphatic heterocycles. The van der Waals surface area contributed by atoms with Crippen LogP contribution in [-0.4, -0.2) is 63.5 Å². The second-order valence-corrected chi connectivity index (χ2v) is 7.85. The van der Waals surface area contributed by atoms with Crippen LogP contribution in [-0.2, 0) is 13.6 Å². The van der Waals surface area contributed by atoms with Crippen molar-refractivity contribution in [2.75, 3.05) is 19.6 Å². The summed E-state index contributed by atoms with van der Waals surface area (Å²) in [6.07, 6.45) is 2.33. The number of nitrogens with one attached hydrogen (secondary N) is 2. The fourth-order valence-corrected chi connectivity index (χ4v) is 3.85. The molecule has 2 N–H and O–H groups in total. The van der Waals surface area contributed by atoms with Crippen molar-refractivity contribution in [2.24, 2.45) is 12.0 Å². The highest BCUT2D eigenvalue weighted by Gasteiger charge is 2.34. The number of guanidine groups is 1. The van der Waals surface area contributed by atoms with Crippen LogP contribution in [0.2, 0.25) is 0 Å². The van der Waals surface area contributed by atoms with E-state index in [2.05, 4.69) is 25.8 Å². The van der Waals surface area contributed by atoms with Gasteiger partial charge in [-0.1, -0.05) is 19.3 Å². The first-order chi connectivity index (χ1) is 13.3. The molecule has 2 heterocycles. The lowest BCUT2D eigenvalue weighted by atomic mass is 9.96. The molecule has 1 atom stereocenters. The van der Waals surface area contributed by atoms with Crippen molar-refractivity contribution in [3.05, 3.63) is 11.6 Å². The lowest BCUT2D eigenvalue weighted by molar-refractivity contribution is -0.143. The molecule has 2 aliphatic rings. The number of hydrogen-bond donors (Lipinski definition) is 2. The predicted octanol–water partition coefficient (Wildman–Crippen LogP) is 2.75. The van der Waals surface area contributed by atoms with Crippen molar-refractivity contribution in [3.8, 4) is 0 Å². The van der Waals surface area contributed by atoms with Gasteiger partial charge in [0.25, 0.3) is 0 Å². The maximum Gasteiger partial charge on any atom is 0.401 e. The Morgan fingerprint density at radius 3 is 2.41 bits per heavy atom. The lowest BCUT2D eigenvalue weighted by Crippen LogP contribution is -2.49. The standard InChI is InChI=1S/C18H30F3N7.HI/c1-13-25-26-16(27(13)2)10-22-17(23-14-6-4-3-5-7-14)24-15-8-9-28(11-15)12-18(19,20)21;/h14-15H,3-12H2,1-2H3,(H2,22,23,24);1H. The molecule has 1 aliphatic carbocycles. The van der Waals surface area contributed by atoms with Gasteiger partial charge in [-0.3, -0.25) is 4.90 Å². The largest absolute Gasteiger partial charge is 0.401 e. The van der Waals surface area contributed by atoms with Crippen LogP contribution in [0.1, 0.15) is 50.2 Å². The Balaban J connectivity index is 0.00000300. The normalized spacial score (nSPS) is 21.8. The number of hydrogen-bond acceptors (Lipinski definition) is 4. The number of aryl methyl sites for hydroxylation is 1. The van der Waals surface area contributed by atoms with E-state index < -0.39 is 12.7 Å². The molecular formula is C18H31F3IN7. The van der Waals surface area contributed by atoms with Gasteiger partial charge in [-0.2, -0.15) is 13.2 Å². The topological polar surface area (TPSA) is 70.4 Å². The molecular weight excluding hydrogens is 498 g/mol. The van der Waals surface area contributed by atoms with Crippen molar-refractivity contribution in [1.82, 2.24) is 30.3 Å². The average molecular weight is 529 g/mol. The molecule has 0 spiro atoms. The van der Waals surface area contributed by atoms with Crippen LogP contribution in [0.25, 0.3) is 0 Å². The molecule has 1 aromatic heterocycles. The molecule has 0 aromatic carbocycles. The highest BCUT2D eigenvalue weighted by molar-refractivity contribution is 14.0. The Hall–Kier alpha value is -1.11. The van der Waals surface area contributed by atoms with Gasteiger partial charge in [-0.15, -0.1) is 34.2 Å². The van der Waals surface area contributed by atoms with E-state index in [9.17, 15) is 13.2 Å². The summed E-state index contributed by atoms with van der Waals surface area (Å²) in [4.78, 5) is 6.10. The fraction of sp³-hybridized carbons (Fsp3) is 0.833. The second-order valence-electron chi connectivity index (χ2n) is 7.85. The van der Waals surface area contributed by atoms with E-state index in [4.69, 9.17) is 0 Å². The van der Waals surface area contributed by atoms with Gasteiger partial charge in [0, 0.05) is 32.2 Å². The van der Waals surface area contributed by atoms with Gasteiger partial charge in [-0.25, -0.2) is 4.99 Å². The minimum atomic E-state index is -4.16. The van der Waals surface area contributed by atoms with Crippen LogP contribution in [0.4, 0.5) is 13.2 Å². The average Bonchev–Trinajstić information content (AvgIpc) is 3.19. The summed E-state index contributed by atoms with van der Waals surface area (Å²) in [5.41, 5.74) is 0. The van der Waals surface area contributed by atoms with Crippen LogP contribution < -0.4 is 10.6 Å². The third kappa shape index (κ3) is 7.58. The lowest BCUT2D eigenvalue weighted by Gasteiger charge is -2.26. The Morgan fingerprint density at radius 1 is 1.10 bits per heavy atom. The minimum Gasteiger partial charge on any atom is -0.354 e. The second kappa shape index (κ2) is 10.8. The third-order valence-electron chi connectivity index (χ3n) is 5.52. The number of aliphatic imine (C=N–C) groups is 1. The summed E-state index contributed by atoms with van der Waals surface area (Å²) in [5, 5.41) is 15.0. The number of aromatic nitrogens is 3. The Labute approximate surface area is 186 Å². The van der Waals surface area contributed by atoms with Crippen molar-refractivity contribution in [2.45, 2.75) is 70.3 Å². The Morgan fingerprint density at radius 2 is 1.79 bits per heavy atom. The number of nitrogens with zero attached hydrogens (tertiary/aromatic N) is 5. The third-order valence-corrected chi connectivity index (χ3v) is 5.52. The molecule has 166 valence electrons. The monoisotopic (exact) mass is 529 g/mol. The van der Waals surface area contributed by atoms with Gasteiger partial charge in [0.15, 0.2) is 11.8 Å². The molecule has 2 fully saturated rings. The summed E-state index contributed by atoms with van der Waals surface area (Å²) in [7, 11) is 1.90. The molecule has 3 rings (SSSR count). The summed E-state index contributed by atoms with van der Waals surface area (Å²) in [6, 6.07) is 0.312. The van der Waals surface area contributed by atoms with Gasteiger partial charge in [0.2, 0.25) is 0 Å². The van der Waals surface area contributed by atoms with Crippen LogP contribution in [0, 0.1) is 6.92 Å². The van der Waals surface area contributed by atoms with E-state index in [-0.39, 0.29) is 30.0 Å². The molecule has 0 radical (unpaired) electrons. The Bertz CT molecular complexity index is 671. The zero-order chi connectivity index (χ0) is 20.1. The van der Waals surface area contributed by atoms with E-state index in [1.54, 1.807) is 0 Å². The van der Waals surface area contributed by atoms with E-state index in [0.717, 1.165) is 24.5 Å². The molecule has 7 nitrogen and oxygen atoms in total. The zero-order valence-electron chi connectivity index (χ0n) is 17.0. The molecule has 1 saturated heterocycles. The first-order valence-electron chi connectivity index (χ1n) is 10.0. The van der Waals surface area contributed by atoms with Gasteiger partial charge in [0.1, 0.15) is 12.4 Å². The summed E-state index contributed by atoms with van der Waals surface area (Å²) in [5.74, 6) is 2.23. The molecule has 1 saturated carbocycles. The fourth-order valence-electron chi connectivity index (χ4n) is 3.85. The van der Waals surface area contributed by atoms with Crippen molar-refractivity contribution in [3.63, 3.8) is 0 Å². The van der Waals surface area contributed by atoms with Crippen molar-refractivity contribution < 1.29 is 13.2 Å². The maximum absolute atomic E-state index is 12.6. The SMILES string of the molecule is Cc1nnc(CN=C(NC2CCCCC2)NC2CCN(CC(F)(F)F)C2)n1C.I. The van der Waals surface area contributed by atoms with E-state index in [0.29, 0.717) is 38.1 Å². The van der Waals surface area contributed by atoms with Gasteiger partial charge in [-0.05, 0) is 26.2 Å². The van der Waals surface area contributed by atoms with Gasteiger partial charge >= 0.3 is 6.18 Å². The van der Waals surface area contributed by atoms with E-state index in [1.807, 2.05) is 18.5 Å².